The van der Waals surface area contributed by atoms with E-state index in [0.717, 1.165) is 21.9 Å². The van der Waals surface area contributed by atoms with E-state index in [2.05, 4.69) is 10.2 Å². The molecule has 3 aromatic carbocycles. The maximum Gasteiger partial charge on any atom is 0.259 e. The Morgan fingerprint density at radius 1 is 1.05 bits per heavy atom. The molecule has 8 nitrogen and oxygen atoms in total. The molecule has 6 rings (SSSR count). The van der Waals surface area contributed by atoms with Gasteiger partial charge in [-0.15, -0.1) is 0 Å². The number of hydrogen-bond donors (Lipinski definition) is 2. The Morgan fingerprint density at radius 2 is 1.84 bits per heavy atom. The van der Waals surface area contributed by atoms with E-state index in [9.17, 15) is 19.5 Å². The zero-order valence-electron chi connectivity index (χ0n) is 20.8. The van der Waals surface area contributed by atoms with Crippen LogP contribution >= 0.6 is 0 Å². The first-order valence-corrected chi connectivity index (χ1v) is 12.9. The first-order chi connectivity index (χ1) is 18.5. The highest BCUT2D eigenvalue weighted by Gasteiger charge is 2.40. The first-order valence-electron chi connectivity index (χ1n) is 12.9. The Morgan fingerprint density at radius 3 is 2.58 bits per heavy atom. The van der Waals surface area contributed by atoms with Gasteiger partial charge in [-0.2, -0.15) is 0 Å². The largest absolute Gasteiger partial charge is 0.394 e. The molecule has 3 aromatic rings. The molecule has 0 bridgehead atoms. The van der Waals surface area contributed by atoms with Gasteiger partial charge in [0.25, 0.3) is 5.91 Å². The lowest BCUT2D eigenvalue weighted by Crippen LogP contribution is -2.53. The second-order valence-electron chi connectivity index (χ2n) is 9.99. The zero-order chi connectivity index (χ0) is 26.4. The molecule has 3 amide bonds. The highest BCUT2D eigenvalue weighted by molar-refractivity contribution is 6.27. The molecule has 3 aliphatic rings. The van der Waals surface area contributed by atoms with Crippen LogP contribution in [0, 0.1) is 5.82 Å². The van der Waals surface area contributed by atoms with Crippen molar-refractivity contribution >= 4 is 34.2 Å². The van der Waals surface area contributed by atoms with Crippen molar-refractivity contribution in [2.45, 2.75) is 31.3 Å². The van der Waals surface area contributed by atoms with E-state index in [0.29, 0.717) is 49.5 Å². The lowest BCUT2D eigenvalue weighted by Gasteiger charge is -2.33. The van der Waals surface area contributed by atoms with E-state index in [1.807, 2.05) is 24.3 Å². The van der Waals surface area contributed by atoms with E-state index >= 15 is 4.39 Å². The van der Waals surface area contributed by atoms with Gasteiger partial charge in [0.05, 0.1) is 31.5 Å². The third-order valence-electron chi connectivity index (χ3n) is 7.84. The lowest BCUT2D eigenvalue weighted by molar-refractivity contribution is -0.134. The van der Waals surface area contributed by atoms with Crippen LogP contribution < -0.4 is 10.2 Å². The van der Waals surface area contributed by atoms with Gasteiger partial charge in [-0.25, -0.2) is 4.39 Å². The van der Waals surface area contributed by atoms with Crippen LogP contribution in [0.1, 0.15) is 45.9 Å². The number of imide groups is 1. The normalized spacial score (nSPS) is 20.7. The van der Waals surface area contributed by atoms with Crippen LogP contribution in [0.2, 0.25) is 0 Å². The van der Waals surface area contributed by atoms with Crippen LogP contribution in [0.4, 0.5) is 10.1 Å². The van der Waals surface area contributed by atoms with Crippen molar-refractivity contribution in [2.24, 2.45) is 0 Å². The number of nitrogens with one attached hydrogen (secondary N) is 1. The fraction of sp³-hybridized carbons (Fsp3) is 0.345. The molecule has 0 radical (unpaired) electrons. The van der Waals surface area contributed by atoms with E-state index in [4.69, 9.17) is 4.74 Å². The number of aliphatic hydroxyl groups is 1. The fourth-order valence-electron chi connectivity index (χ4n) is 5.90. The minimum atomic E-state index is -0.752. The summed E-state index contributed by atoms with van der Waals surface area (Å²) in [6.07, 6.45) is 0.764. The quantitative estimate of drug-likeness (QED) is 0.488. The van der Waals surface area contributed by atoms with Crippen molar-refractivity contribution in [2.75, 3.05) is 37.8 Å². The number of amides is 3. The fourth-order valence-corrected chi connectivity index (χ4v) is 5.90. The number of halogens is 1. The van der Waals surface area contributed by atoms with E-state index < -0.39 is 11.9 Å². The summed E-state index contributed by atoms with van der Waals surface area (Å²) in [5.74, 6) is -1.43. The summed E-state index contributed by atoms with van der Waals surface area (Å²) in [5, 5.41) is 13.9. The number of aliphatic hydroxyl groups excluding tert-OH is 1. The topological polar surface area (TPSA) is 99.2 Å². The lowest BCUT2D eigenvalue weighted by atomic mass is 9.94. The zero-order valence-corrected chi connectivity index (χ0v) is 20.8. The first kappa shape index (κ1) is 24.7. The van der Waals surface area contributed by atoms with Crippen molar-refractivity contribution < 1.29 is 28.6 Å². The SMILES string of the molecule is O=C1CCC(N2C(=O)c3cccc4c(Cc5ccc(C(CO)N6CCOCC6)cc5F)ccc2c34)C(=O)N1. The molecule has 38 heavy (non-hydrogen) atoms. The summed E-state index contributed by atoms with van der Waals surface area (Å²) < 4.78 is 20.8. The molecule has 2 saturated heterocycles. The molecule has 2 atom stereocenters. The summed E-state index contributed by atoms with van der Waals surface area (Å²) in [7, 11) is 0. The Balaban J connectivity index is 1.31. The number of rotatable bonds is 6. The molecule has 3 aliphatic heterocycles. The van der Waals surface area contributed by atoms with Crippen LogP contribution in [0.5, 0.6) is 0 Å². The predicted molar refractivity (Wildman–Crippen MR) is 138 cm³/mol. The number of nitrogens with zero attached hydrogens (tertiary/aromatic N) is 2. The highest BCUT2D eigenvalue weighted by atomic mass is 19.1. The molecule has 0 spiro atoms. The minimum absolute atomic E-state index is 0.106. The Kier molecular flexibility index (Phi) is 6.43. The van der Waals surface area contributed by atoms with Gasteiger partial charge >= 0.3 is 0 Å². The van der Waals surface area contributed by atoms with E-state index in [1.54, 1.807) is 18.2 Å². The average molecular weight is 518 g/mol. The van der Waals surface area contributed by atoms with Gasteiger partial charge in [0.2, 0.25) is 11.8 Å². The van der Waals surface area contributed by atoms with Crippen LogP contribution in [-0.4, -0.2) is 66.7 Å². The molecule has 0 aliphatic carbocycles. The summed E-state index contributed by atoms with van der Waals surface area (Å²) in [6.45, 7) is 2.44. The number of anilines is 1. The van der Waals surface area contributed by atoms with Gasteiger partial charge in [-0.05, 0) is 46.7 Å². The Hall–Kier alpha value is -3.66. The van der Waals surface area contributed by atoms with E-state index in [-0.39, 0.29) is 43.1 Å². The molecular weight excluding hydrogens is 489 g/mol. The van der Waals surface area contributed by atoms with Gasteiger partial charge in [0.15, 0.2) is 0 Å². The average Bonchev–Trinajstić information content (AvgIpc) is 3.20. The third kappa shape index (κ3) is 4.16. The number of carbonyl (C=O) groups excluding carboxylic acids is 3. The smallest absolute Gasteiger partial charge is 0.259 e. The minimum Gasteiger partial charge on any atom is -0.394 e. The number of morpholine rings is 1. The van der Waals surface area contributed by atoms with Gasteiger partial charge < -0.3 is 9.84 Å². The van der Waals surface area contributed by atoms with Crippen molar-refractivity contribution in [1.82, 2.24) is 10.2 Å². The van der Waals surface area contributed by atoms with Crippen molar-refractivity contribution in [3.63, 3.8) is 0 Å². The molecule has 0 aromatic heterocycles. The summed E-state index contributed by atoms with van der Waals surface area (Å²) >= 11 is 0. The van der Waals surface area contributed by atoms with Crippen LogP contribution in [0.15, 0.2) is 48.5 Å². The third-order valence-corrected chi connectivity index (χ3v) is 7.84. The van der Waals surface area contributed by atoms with Crippen LogP contribution in [0.3, 0.4) is 0 Å². The number of hydrogen-bond acceptors (Lipinski definition) is 6. The Labute approximate surface area is 219 Å². The van der Waals surface area contributed by atoms with Gasteiger partial charge in [-0.1, -0.05) is 30.3 Å². The molecule has 2 unspecified atom stereocenters. The molecule has 3 heterocycles. The molecule has 0 saturated carbocycles. The highest BCUT2D eigenvalue weighted by Crippen LogP contribution is 2.41. The van der Waals surface area contributed by atoms with Gasteiger partial charge in [0.1, 0.15) is 11.9 Å². The van der Waals surface area contributed by atoms with Crippen LogP contribution in [0.25, 0.3) is 10.8 Å². The van der Waals surface area contributed by atoms with Gasteiger partial charge in [-0.3, -0.25) is 29.5 Å². The van der Waals surface area contributed by atoms with Gasteiger partial charge in [0, 0.05) is 36.9 Å². The molecule has 9 heteroatoms. The molecule has 196 valence electrons. The van der Waals surface area contributed by atoms with Crippen molar-refractivity contribution in [3.05, 3.63) is 76.6 Å². The number of benzene rings is 3. The predicted octanol–water partition coefficient (Wildman–Crippen LogP) is 2.70. The standard InChI is InChI=1S/C29H28FN3O5/c30-22-15-19(25(16-34)32-10-12-38-13-11-32)5-4-18(22)14-17-6-7-23-27-20(17)2-1-3-21(27)29(37)33(23)24-8-9-26(35)31-28(24)36/h1-7,15,24-25,34H,8-14,16H2,(H,31,35,36). The monoisotopic (exact) mass is 517 g/mol. The van der Waals surface area contributed by atoms with Crippen molar-refractivity contribution in [3.8, 4) is 0 Å². The number of carbonyl (C=O) groups is 3. The second kappa shape index (κ2) is 9.90. The molecular formula is C29H28FN3O5. The number of piperidine rings is 1. The summed E-state index contributed by atoms with van der Waals surface area (Å²) in [5.41, 5.74) is 3.23. The number of ether oxygens (including phenoxy) is 1. The van der Waals surface area contributed by atoms with Crippen LogP contribution in [-0.2, 0) is 20.7 Å². The van der Waals surface area contributed by atoms with E-state index in [1.165, 1.54) is 11.0 Å². The Bertz CT molecular complexity index is 1450. The second-order valence-corrected chi connectivity index (χ2v) is 9.99. The van der Waals surface area contributed by atoms with Crippen molar-refractivity contribution in [1.29, 1.82) is 0 Å². The summed E-state index contributed by atoms with van der Waals surface area (Å²) in [4.78, 5) is 41.1. The molecule has 2 fully saturated rings. The maximum atomic E-state index is 15.4. The maximum absolute atomic E-state index is 15.4. The molecule has 2 N–H and O–H groups in total. The summed E-state index contributed by atoms with van der Waals surface area (Å²) in [6, 6.07) is 13.2.